The summed E-state index contributed by atoms with van der Waals surface area (Å²) in [5.41, 5.74) is 0.113. The Morgan fingerprint density at radius 3 is 2.00 bits per heavy atom. The van der Waals surface area contributed by atoms with Gasteiger partial charge in [0, 0.05) is 43.7 Å². The van der Waals surface area contributed by atoms with Gasteiger partial charge in [-0.05, 0) is 27.2 Å². The summed E-state index contributed by atoms with van der Waals surface area (Å²) in [5.74, 6) is 0. The minimum atomic E-state index is -0.154. The molecule has 1 aliphatic heterocycles. The van der Waals surface area contributed by atoms with Gasteiger partial charge in [0.2, 0.25) is 0 Å². The third kappa shape index (κ3) is 4.36. The number of nitrogens with zero attached hydrogens (tertiary/aromatic N) is 2. The van der Waals surface area contributed by atoms with Crippen LogP contribution < -0.4 is 0 Å². The van der Waals surface area contributed by atoms with Crippen LogP contribution >= 0.6 is 0 Å². The number of piperazine rings is 1. The van der Waals surface area contributed by atoms with E-state index in [1.807, 2.05) is 0 Å². The predicted molar refractivity (Wildman–Crippen MR) is 76.8 cm³/mol. The lowest BCUT2D eigenvalue weighted by molar-refractivity contribution is -0.117. The van der Waals surface area contributed by atoms with Crippen LogP contribution in [-0.4, -0.2) is 54.3 Å². The fraction of sp³-hybridized carbons (Fsp3) is 0.933. The van der Waals surface area contributed by atoms with Gasteiger partial charge in [0.25, 0.3) is 0 Å². The van der Waals surface area contributed by atoms with Gasteiger partial charge in [-0.25, -0.2) is 0 Å². The van der Waals surface area contributed by atoms with Crippen molar-refractivity contribution in [3.63, 3.8) is 0 Å². The molecule has 1 rings (SSSR count). The van der Waals surface area contributed by atoms with Crippen molar-refractivity contribution < 1.29 is 4.79 Å². The number of rotatable bonds is 5. The van der Waals surface area contributed by atoms with Crippen molar-refractivity contribution in [2.24, 2.45) is 5.41 Å². The summed E-state index contributed by atoms with van der Waals surface area (Å²) in [7, 11) is 0. The predicted octanol–water partition coefficient (Wildman–Crippen LogP) is 2.41. The van der Waals surface area contributed by atoms with E-state index in [1.54, 1.807) is 0 Å². The van der Waals surface area contributed by atoms with Crippen LogP contribution in [0, 0.1) is 5.41 Å². The summed E-state index contributed by atoms with van der Waals surface area (Å²) in [6.07, 6.45) is 3.24. The van der Waals surface area contributed by atoms with Gasteiger partial charge in [0.1, 0.15) is 6.29 Å². The maximum Gasteiger partial charge on any atom is 0.127 e. The van der Waals surface area contributed by atoms with Crippen LogP contribution in [0.25, 0.3) is 0 Å². The van der Waals surface area contributed by atoms with Crippen LogP contribution in [-0.2, 0) is 4.79 Å². The highest BCUT2D eigenvalue weighted by Crippen LogP contribution is 2.23. The summed E-state index contributed by atoms with van der Waals surface area (Å²) in [6, 6.07) is 0. The summed E-state index contributed by atoms with van der Waals surface area (Å²) in [4.78, 5) is 16.3. The van der Waals surface area contributed by atoms with Crippen LogP contribution in [0.1, 0.15) is 47.5 Å². The van der Waals surface area contributed by atoms with Crippen molar-refractivity contribution in [2.75, 3.05) is 32.7 Å². The number of carbonyl (C=O) groups excluding carboxylic acids is 1. The molecule has 1 fully saturated rings. The second-order valence-electron chi connectivity index (χ2n) is 6.96. The Morgan fingerprint density at radius 1 is 1.06 bits per heavy atom. The van der Waals surface area contributed by atoms with Gasteiger partial charge in [0.15, 0.2) is 0 Å². The van der Waals surface area contributed by atoms with E-state index < -0.39 is 0 Å². The summed E-state index contributed by atoms with van der Waals surface area (Å²) >= 11 is 0. The zero-order valence-electron chi connectivity index (χ0n) is 12.8. The average Bonchev–Trinajstić information content (AvgIpc) is 2.29. The first-order valence-electron chi connectivity index (χ1n) is 7.24. The molecule has 0 aromatic rings. The molecule has 0 spiro atoms. The fourth-order valence-corrected chi connectivity index (χ4v) is 2.83. The Bertz CT molecular complexity index is 264. The molecule has 1 saturated heterocycles. The lowest BCUT2D eigenvalue weighted by atomic mass is 9.86. The molecule has 1 unspecified atom stereocenters. The zero-order valence-corrected chi connectivity index (χ0v) is 12.8. The molecule has 0 aromatic carbocycles. The second-order valence-corrected chi connectivity index (χ2v) is 6.96. The average molecular weight is 254 g/mol. The molecule has 1 aliphatic rings. The Labute approximate surface area is 113 Å². The first kappa shape index (κ1) is 15.6. The van der Waals surface area contributed by atoms with E-state index in [1.165, 1.54) is 0 Å². The first-order chi connectivity index (χ1) is 8.30. The molecule has 0 amide bonds. The third-order valence-electron chi connectivity index (χ3n) is 4.01. The van der Waals surface area contributed by atoms with Crippen LogP contribution in [0.2, 0.25) is 0 Å². The minimum absolute atomic E-state index is 0.154. The maximum atomic E-state index is 11.3. The van der Waals surface area contributed by atoms with Crippen LogP contribution in [0.4, 0.5) is 0 Å². The molecule has 3 nitrogen and oxygen atoms in total. The topological polar surface area (TPSA) is 23.6 Å². The first-order valence-corrected chi connectivity index (χ1v) is 7.24. The lowest BCUT2D eigenvalue weighted by Crippen LogP contribution is -2.55. The van der Waals surface area contributed by atoms with Crippen molar-refractivity contribution in [3.05, 3.63) is 0 Å². The molecule has 0 N–H and O–H groups in total. The largest absolute Gasteiger partial charge is 0.303 e. The SMILES string of the molecule is CCCC(C)(C=O)CN1CCN(C(C)(C)C)CC1. The molecule has 3 heteroatoms. The second kappa shape index (κ2) is 6.16. The Hall–Kier alpha value is -0.410. The standard InChI is InChI=1S/C15H30N2O/c1-6-7-15(5,13-18)12-16-8-10-17(11-9-16)14(2,3)4/h13H,6-12H2,1-5H3. The summed E-state index contributed by atoms with van der Waals surface area (Å²) < 4.78 is 0. The van der Waals surface area contributed by atoms with E-state index in [0.29, 0.717) is 0 Å². The van der Waals surface area contributed by atoms with E-state index in [2.05, 4.69) is 44.4 Å². The molecule has 1 atom stereocenters. The molecule has 0 radical (unpaired) electrons. The number of hydrogen-bond acceptors (Lipinski definition) is 3. The molecule has 18 heavy (non-hydrogen) atoms. The third-order valence-corrected chi connectivity index (χ3v) is 4.01. The van der Waals surface area contributed by atoms with E-state index in [0.717, 1.165) is 51.9 Å². The molecule has 0 saturated carbocycles. The smallest absolute Gasteiger partial charge is 0.127 e. The molecular weight excluding hydrogens is 224 g/mol. The van der Waals surface area contributed by atoms with Gasteiger partial charge < -0.3 is 4.79 Å². The van der Waals surface area contributed by atoms with Gasteiger partial charge in [-0.3, -0.25) is 9.80 Å². The van der Waals surface area contributed by atoms with E-state index in [4.69, 9.17) is 0 Å². The number of hydrogen-bond donors (Lipinski definition) is 0. The van der Waals surface area contributed by atoms with Gasteiger partial charge in [-0.2, -0.15) is 0 Å². The van der Waals surface area contributed by atoms with Gasteiger partial charge in [-0.15, -0.1) is 0 Å². The molecular formula is C15H30N2O. The Balaban J connectivity index is 2.46. The highest BCUT2D eigenvalue weighted by molar-refractivity contribution is 5.59. The van der Waals surface area contributed by atoms with Crippen LogP contribution in [0.15, 0.2) is 0 Å². The zero-order chi connectivity index (χ0) is 13.8. The molecule has 106 valence electrons. The van der Waals surface area contributed by atoms with Gasteiger partial charge >= 0.3 is 0 Å². The monoisotopic (exact) mass is 254 g/mol. The van der Waals surface area contributed by atoms with Crippen molar-refractivity contribution >= 4 is 6.29 Å². The van der Waals surface area contributed by atoms with Crippen molar-refractivity contribution in [2.45, 2.75) is 53.0 Å². The molecule has 0 aliphatic carbocycles. The molecule has 1 heterocycles. The number of carbonyl (C=O) groups is 1. The van der Waals surface area contributed by atoms with Crippen LogP contribution in [0.3, 0.4) is 0 Å². The summed E-state index contributed by atoms with van der Waals surface area (Å²) in [6.45, 7) is 16.4. The highest BCUT2D eigenvalue weighted by atomic mass is 16.1. The van der Waals surface area contributed by atoms with Gasteiger partial charge in [0.05, 0.1) is 0 Å². The molecule has 0 aromatic heterocycles. The van der Waals surface area contributed by atoms with Crippen molar-refractivity contribution in [1.82, 2.24) is 9.80 Å². The van der Waals surface area contributed by atoms with Crippen LogP contribution in [0.5, 0.6) is 0 Å². The number of aldehydes is 1. The normalized spacial score (nSPS) is 22.7. The van der Waals surface area contributed by atoms with E-state index in [-0.39, 0.29) is 11.0 Å². The minimum Gasteiger partial charge on any atom is -0.303 e. The fourth-order valence-electron chi connectivity index (χ4n) is 2.83. The Kier molecular flexibility index (Phi) is 5.35. The highest BCUT2D eigenvalue weighted by Gasteiger charge is 2.30. The van der Waals surface area contributed by atoms with E-state index >= 15 is 0 Å². The summed E-state index contributed by atoms with van der Waals surface area (Å²) in [5, 5.41) is 0. The quantitative estimate of drug-likeness (QED) is 0.704. The van der Waals surface area contributed by atoms with E-state index in [9.17, 15) is 4.79 Å². The maximum absolute atomic E-state index is 11.3. The van der Waals surface area contributed by atoms with Crippen molar-refractivity contribution in [3.8, 4) is 0 Å². The van der Waals surface area contributed by atoms with Crippen molar-refractivity contribution in [1.29, 1.82) is 0 Å². The van der Waals surface area contributed by atoms with Gasteiger partial charge in [-0.1, -0.05) is 20.3 Å². The molecule has 0 bridgehead atoms. The lowest BCUT2D eigenvalue weighted by Gasteiger charge is -2.43. The Morgan fingerprint density at radius 2 is 1.61 bits per heavy atom.